The predicted molar refractivity (Wildman–Crippen MR) is 110 cm³/mol. The normalized spacial score (nSPS) is 20.0. The Balaban J connectivity index is 1.46. The van der Waals surface area contributed by atoms with Gasteiger partial charge in [-0.15, -0.1) is 0 Å². The Kier molecular flexibility index (Phi) is 4.67. The van der Waals surface area contributed by atoms with E-state index in [0.717, 1.165) is 16.8 Å². The van der Waals surface area contributed by atoms with Gasteiger partial charge in [0, 0.05) is 6.42 Å². The summed E-state index contributed by atoms with van der Waals surface area (Å²) < 4.78 is 25.1. The minimum absolute atomic E-state index is 0.110. The topological polar surface area (TPSA) is 51.1 Å². The number of hydrogen-bond acceptors (Lipinski definition) is 4. The highest BCUT2D eigenvalue weighted by Crippen LogP contribution is 2.36. The average molecular weight is 402 g/mol. The van der Waals surface area contributed by atoms with Crippen molar-refractivity contribution >= 4 is 11.6 Å². The van der Waals surface area contributed by atoms with E-state index in [0.29, 0.717) is 17.9 Å². The zero-order chi connectivity index (χ0) is 20.5. The van der Waals surface area contributed by atoms with Crippen molar-refractivity contribution < 1.29 is 18.7 Å². The number of hydrazone groups is 1. The van der Waals surface area contributed by atoms with E-state index in [2.05, 4.69) is 5.10 Å². The van der Waals surface area contributed by atoms with Crippen LogP contribution in [0.15, 0.2) is 84.0 Å². The van der Waals surface area contributed by atoms with Crippen molar-refractivity contribution in [3.05, 3.63) is 95.8 Å². The summed E-state index contributed by atoms with van der Waals surface area (Å²) in [6.07, 6.45) is -0.271. The number of carbonyl (C=O) groups is 1. The van der Waals surface area contributed by atoms with E-state index in [4.69, 9.17) is 9.47 Å². The number of fused-ring (bicyclic) bond motifs is 1. The van der Waals surface area contributed by atoms with Crippen LogP contribution in [0.2, 0.25) is 0 Å². The van der Waals surface area contributed by atoms with E-state index >= 15 is 0 Å². The Morgan fingerprint density at radius 2 is 1.63 bits per heavy atom. The Morgan fingerprint density at radius 3 is 2.40 bits per heavy atom. The van der Waals surface area contributed by atoms with E-state index in [1.165, 1.54) is 17.1 Å². The van der Waals surface area contributed by atoms with Crippen molar-refractivity contribution in [3.63, 3.8) is 0 Å². The molecule has 2 aliphatic heterocycles. The van der Waals surface area contributed by atoms with Gasteiger partial charge in [-0.05, 0) is 35.4 Å². The van der Waals surface area contributed by atoms with Crippen LogP contribution in [0.3, 0.4) is 0 Å². The summed E-state index contributed by atoms with van der Waals surface area (Å²) in [4.78, 5) is 13.4. The van der Waals surface area contributed by atoms with Gasteiger partial charge in [0.15, 0.2) is 11.5 Å². The number of carbonyl (C=O) groups excluding carboxylic acids is 1. The fourth-order valence-corrected chi connectivity index (χ4v) is 3.75. The molecule has 3 aromatic rings. The number of nitrogens with zero attached hydrogens (tertiary/aromatic N) is 2. The van der Waals surface area contributed by atoms with Crippen molar-refractivity contribution in [1.82, 2.24) is 5.01 Å². The van der Waals surface area contributed by atoms with E-state index in [1.807, 2.05) is 42.5 Å². The minimum atomic E-state index is -0.804. The SMILES string of the molecule is O=C(C1COc2ccccc2O1)N1N=C(c2ccccc2)CC1c1ccc(F)cc1. The molecule has 0 saturated heterocycles. The minimum Gasteiger partial charge on any atom is -0.485 e. The molecule has 5 nitrogen and oxygen atoms in total. The Labute approximate surface area is 173 Å². The molecule has 2 heterocycles. The van der Waals surface area contributed by atoms with Gasteiger partial charge >= 0.3 is 0 Å². The maximum atomic E-state index is 13.5. The van der Waals surface area contributed by atoms with Gasteiger partial charge in [0.2, 0.25) is 6.10 Å². The molecule has 0 N–H and O–H groups in total. The molecule has 0 spiro atoms. The fourth-order valence-electron chi connectivity index (χ4n) is 3.75. The summed E-state index contributed by atoms with van der Waals surface area (Å²) in [5.41, 5.74) is 2.57. The molecule has 0 fully saturated rings. The first-order valence-corrected chi connectivity index (χ1v) is 9.79. The molecule has 3 aromatic carbocycles. The van der Waals surface area contributed by atoms with Crippen LogP contribution >= 0.6 is 0 Å². The van der Waals surface area contributed by atoms with Crippen molar-refractivity contribution in [2.24, 2.45) is 5.10 Å². The van der Waals surface area contributed by atoms with E-state index in [1.54, 1.807) is 24.3 Å². The van der Waals surface area contributed by atoms with Crippen molar-refractivity contribution in [1.29, 1.82) is 0 Å². The van der Waals surface area contributed by atoms with Gasteiger partial charge in [-0.25, -0.2) is 9.40 Å². The van der Waals surface area contributed by atoms with Gasteiger partial charge < -0.3 is 9.47 Å². The molecule has 6 heteroatoms. The van der Waals surface area contributed by atoms with E-state index < -0.39 is 6.10 Å². The monoisotopic (exact) mass is 402 g/mol. The second-order valence-electron chi connectivity index (χ2n) is 7.23. The second-order valence-corrected chi connectivity index (χ2v) is 7.23. The summed E-state index contributed by atoms with van der Waals surface area (Å²) in [7, 11) is 0. The fraction of sp³-hybridized carbons (Fsp3) is 0.167. The van der Waals surface area contributed by atoms with Gasteiger partial charge in [0.1, 0.15) is 12.4 Å². The lowest BCUT2D eigenvalue weighted by Crippen LogP contribution is -2.44. The third-order valence-electron chi connectivity index (χ3n) is 5.28. The number of hydrogen-bond donors (Lipinski definition) is 0. The van der Waals surface area contributed by atoms with Gasteiger partial charge in [-0.3, -0.25) is 4.79 Å². The van der Waals surface area contributed by atoms with Crippen LogP contribution in [0.4, 0.5) is 4.39 Å². The molecular weight excluding hydrogens is 383 g/mol. The van der Waals surface area contributed by atoms with Crippen LogP contribution in [0.25, 0.3) is 0 Å². The second kappa shape index (κ2) is 7.63. The molecule has 150 valence electrons. The summed E-state index contributed by atoms with van der Waals surface area (Å²) in [6, 6.07) is 22.8. The highest BCUT2D eigenvalue weighted by atomic mass is 19.1. The molecule has 0 aromatic heterocycles. The number of amides is 1. The van der Waals surface area contributed by atoms with Crippen LogP contribution < -0.4 is 9.47 Å². The van der Waals surface area contributed by atoms with Crippen LogP contribution in [0, 0.1) is 5.82 Å². The number of halogens is 1. The van der Waals surface area contributed by atoms with Crippen molar-refractivity contribution in [2.75, 3.05) is 6.61 Å². The molecule has 1 amide bonds. The maximum absolute atomic E-state index is 13.5. The highest BCUT2D eigenvalue weighted by Gasteiger charge is 2.39. The molecule has 2 aliphatic rings. The molecular formula is C24H19FN2O3. The Bertz CT molecular complexity index is 1100. The van der Waals surface area contributed by atoms with Gasteiger partial charge in [0.25, 0.3) is 5.91 Å². The van der Waals surface area contributed by atoms with Gasteiger partial charge in [0.05, 0.1) is 11.8 Å². The highest BCUT2D eigenvalue weighted by molar-refractivity contribution is 6.03. The largest absolute Gasteiger partial charge is 0.485 e. The molecule has 5 rings (SSSR count). The molecule has 2 unspecified atom stereocenters. The molecule has 0 radical (unpaired) electrons. The number of benzene rings is 3. The summed E-state index contributed by atoms with van der Waals surface area (Å²) in [6.45, 7) is 0.110. The van der Waals surface area contributed by atoms with E-state index in [-0.39, 0.29) is 24.4 Å². The summed E-state index contributed by atoms with van der Waals surface area (Å²) >= 11 is 0. The summed E-state index contributed by atoms with van der Waals surface area (Å²) in [5, 5.41) is 6.10. The molecule has 0 saturated carbocycles. The first-order chi connectivity index (χ1) is 14.7. The molecule has 30 heavy (non-hydrogen) atoms. The quantitative estimate of drug-likeness (QED) is 0.655. The maximum Gasteiger partial charge on any atom is 0.287 e. The van der Waals surface area contributed by atoms with Crippen LogP contribution in [0.5, 0.6) is 11.5 Å². The van der Waals surface area contributed by atoms with Crippen LogP contribution in [-0.2, 0) is 4.79 Å². The summed E-state index contributed by atoms with van der Waals surface area (Å²) in [5.74, 6) is 0.544. The van der Waals surface area contributed by atoms with Gasteiger partial charge in [-0.2, -0.15) is 5.10 Å². The standard InChI is InChI=1S/C24H19FN2O3/c25-18-12-10-17(11-13-18)20-14-19(16-6-2-1-3-7-16)26-27(20)24(28)23-15-29-21-8-4-5-9-22(21)30-23/h1-13,20,23H,14-15H2. The molecule has 2 atom stereocenters. The Hall–Kier alpha value is -3.67. The van der Waals surface area contributed by atoms with Crippen LogP contribution in [0.1, 0.15) is 23.6 Å². The lowest BCUT2D eigenvalue weighted by molar-refractivity contribution is -0.143. The average Bonchev–Trinajstić information content (AvgIpc) is 3.25. The zero-order valence-electron chi connectivity index (χ0n) is 16.1. The molecule has 0 aliphatic carbocycles. The predicted octanol–water partition coefficient (Wildman–Crippen LogP) is 4.34. The van der Waals surface area contributed by atoms with Gasteiger partial charge in [-0.1, -0.05) is 54.6 Å². The Morgan fingerprint density at radius 1 is 0.933 bits per heavy atom. The third kappa shape index (κ3) is 3.41. The van der Waals surface area contributed by atoms with Crippen molar-refractivity contribution in [3.8, 4) is 11.5 Å². The lowest BCUT2D eigenvalue weighted by atomic mass is 9.98. The third-order valence-corrected chi connectivity index (χ3v) is 5.28. The molecule has 0 bridgehead atoms. The zero-order valence-corrected chi connectivity index (χ0v) is 16.1. The first-order valence-electron chi connectivity index (χ1n) is 9.79. The lowest BCUT2D eigenvalue weighted by Gasteiger charge is -2.30. The van der Waals surface area contributed by atoms with Crippen molar-refractivity contribution in [2.45, 2.75) is 18.6 Å². The number of ether oxygens (including phenoxy) is 2. The van der Waals surface area contributed by atoms with E-state index in [9.17, 15) is 9.18 Å². The van der Waals surface area contributed by atoms with Crippen LogP contribution in [-0.4, -0.2) is 29.3 Å². The smallest absolute Gasteiger partial charge is 0.287 e. The number of para-hydroxylation sites is 2. The first kappa shape index (κ1) is 18.4. The number of rotatable bonds is 3.